The highest BCUT2D eigenvalue weighted by atomic mass is 35.5. The summed E-state index contributed by atoms with van der Waals surface area (Å²) in [5.41, 5.74) is 2.02. The van der Waals surface area contributed by atoms with E-state index in [1.165, 1.54) is 17.3 Å². The standard InChI is InChI=1S/C20H18ClN3O4/c1-11-8-13(21)9-16(20(26)27)18(11)22-10-17-12(2)23-24(19(17)25)14-4-6-15(28-3)7-5-14/h4-10,17H,1-3H3,(H,26,27)/b22-10+. The van der Waals surface area contributed by atoms with Crippen LogP contribution in [0.5, 0.6) is 5.75 Å². The quantitative estimate of drug-likeness (QED) is 0.766. The SMILES string of the molecule is COc1ccc(N2N=C(C)C(/C=N/c3c(C)cc(Cl)cc3C(=O)O)C2=O)cc1. The molecule has 0 radical (unpaired) electrons. The van der Waals surface area contributed by atoms with E-state index in [0.717, 1.165) is 0 Å². The van der Waals surface area contributed by atoms with Gasteiger partial charge in [-0.2, -0.15) is 10.1 Å². The Balaban J connectivity index is 1.89. The van der Waals surface area contributed by atoms with Crippen LogP contribution in [0.2, 0.25) is 5.02 Å². The lowest BCUT2D eigenvalue weighted by molar-refractivity contribution is -0.118. The smallest absolute Gasteiger partial charge is 0.337 e. The summed E-state index contributed by atoms with van der Waals surface area (Å²) in [6.07, 6.45) is 1.42. The van der Waals surface area contributed by atoms with Crippen LogP contribution < -0.4 is 9.75 Å². The number of amides is 1. The van der Waals surface area contributed by atoms with Crippen LogP contribution in [-0.4, -0.2) is 36.0 Å². The molecular weight excluding hydrogens is 382 g/mol. The van der Waals surface area contributed by atoms with Crippen LogP contribution in [0.25, 0.3) is 0 Å². The molecule has 0 fully saturated rings. The molecular formula is C20H18ClN3O4. The van der Waals surface area contributed by atoms with Gasteiger partial charge in [-0.05, 0) is 55.8 Å². The molecule has 28 heavy (non-hydrogen) atoms. The van der Waals surface area contributed by atoms with Crippen molar-refractivity contribution in [2.24, 2.45) is 16.0 Å². The summed E-state index contributed by atoms with van der Waals surface area (Å²) in [4.78, 5) is 28.6. The summed E-state index contributed by atoms with van der Waals surface area (Å²) in [6, 6.07) is 9.92. The number of carbonyl (C=O) groups is 2. The third-order valence-electron chi connectivity index (χ3n) is 4.35. The lowest BCUT2D eigenvalue weighted by Crippen LogP contribution is -2.27. The number of carboxylic acid groups (broad SMARTS) is 1. The Hall–Kier alpha value is -3.19. The molecule has 1 atom stereocenters. The minimum absolute atomic E-state index is 0.0201. The molecule has 1 aliphatic heterocycles. The van der Waals surface area contributed by atoms with Gasteiger partial charge in [0.2, 0.25) is 0 Å². The monoisotopic (exact) mass is 399 g/mol. The zero-order valence-electron chi connectivity index (χ0n) is 15.5. The highest BCUT2D eigenvalue weighted by molar-refractivity contribution is 6.31. The van der Waals surface area contributed by atoms with Crippen molar-refractivity contribution in [3.63, 3.8) is 0 Å². The Morgan fingerprint density at radius 1 is 1.29 bits per heavy atom. The van der Waals surface area contributed by atoms with Gasteiger partial charge in [-0.3, -0.25) is 9.79 Å². The van der Waals surface area contributed by atoms with Crippen LogP contribution in [0.1, 0.15) is 22.8 Å². The maximum atomic E-state index is 12.8. The Labute approximate surface area is 166 Å². The second-order valence-corrected chi connectivity index (χ2v) is 6.71. The van der Waals surface area contributed by atoms with Crippen molar-refractivity contribution < 1.29 is 19.4 Å². The van der Waals surface area contributed by atoms with Crippen LogP contribution in [0.3, 0.4) is 0 Å². The van der Waals surface area contributed by atoms with Crippen molar-refractivity contribution >= 4 is 46.8 Å². The van der Waals surface area contributed by atoms with Gasteiger partial charge in [-0.15, -0.1) is 0 Å². The number of carbonyl (C=O) groups excluding carboxylic acids is 1. The molecule has 1 N–H and O–H groups in total. The van der Waals surface area contributed by atoms with Gasteiger partial charge in [0.25, 0.3) is 5.91 Å². The summed E-state index contributed by atoms with van der Waals surface area (Å²) in [7, 11) is 1.56. The first kappa shape index (κ1) is 19.6. The predicted molar refractivity (Wildman–Crippen MR) is 108 cm³/mol. The van der Waals surface area contributed by atoms with Crippen molar-refractivity contribution in [3.8, 4) is 5.75 Å². The second kappa shape index (κ2) is 7.82. The summed E-state index contributed by atoms with van der Waals surface area (Å²) in [5.74, 6) is -1.41. The average Bonchev–Trinajstić information content (AvgIpc) is 2.94. The van der Waals surface area contributed by atoms with Gasteiger partial charge < -0.3 is 9.84 Å². The van der Waals surface area contributed by atoms with Gasteiger partial charge in [-0.1, -0.05) is 11.6 Å². The molecule has 7 nitrogen and oxygen atoms in total. The number of carboxylic acids is 1. The van der Waals surface area contributed by atoms with Crippen LogP contribution >= 0.6 is 11.6 Å². The highest BCUT2D eigenvalue weighted by Gasteiger charge is 2.33. The first-order valence-corrected chi connectivity index (χ1v) is 8.80. The number of aromatic carboxylic acids is 1. The number of anilines is 1. The third kappa shape index (κ3) is 3.75. The zero-order chi connectivity index (χ0) is 20.4. The average molecular weight is 400 g/mol. The van der Waals surface area contributed by atoms with E-state index in [0.29, 0.717) is 27.7 Å². The number of ether oxygens (including phenoxy) is 1. The topological polar surface area (TPSA) is 91.6 Å². The number of benzene rings is 2. The summed E-state index contributed by atoms with van der Waals surface area (Å²) < 4.78 is 5.12. The van der Waals surface area contributed by atoms with Crippen molar-refractivity contribution in [1.82, 2.24) is 0 Å². The minimum atomic E-state index is -1.14. The lowest BCUT2D eigenvalue weighted by Gasteiger charge is -2.13. The molecule has 0 saturated carbocycles. The fourth-order valence-corrected chi connectivity index (χ4v) is 3.15. The van der Waals surface area contributed by atoms with E-state index in [-0.39, 0.29) is 17.2 Å². The molecule has 0 saturated heterocycles. The van der Waals surface area contributed by atoms with E-state index in [4.69, 9.17) is 16.3 Å². The molecule has 1 amide bonds. The molecule has 3 rings (SSSR count). The Morgan fingerprint density at radius 2 is 1.96 bits per heavy atom. The van der Waals surface area contributed by atoms with Crippen LogP contribution in [0, 0.1) is 12.8 Å². The Morgan fingerprint density at radius 3 is 2.57 bits per heavy atom. The first-order valence-electron chi connectivity index (χ1n) is 8.42. The maximum absolute atomic E-state index is 12.8. The van der Waals surface area contributed by atoms with Gasteiger partial charge >= 0.3 is 5.97 Å². The van der Waals surface area contributed by atoms with Gasteiger partial charge in [0, 0.05) is 11.2 Å². The molecule has 2 aromatic carbocycles. The van der Waals surface area contributed by atoms with E-state index in [2.05, 4.69) is 10.1 Å². The number of aliphatic imine (C=N–C) groups is 1. The van der Waals surface area contributed by atoms with Crippen LogP contribution in [0.15, 0.2) is 46.5 Å². The van der Waals surface area contributed by atoms with E-state index < -0.39 is 11.9 Å². The van der Waals surface area contributed by atoms with Crippen molar-refractivity contribution in [2.45, 2.75) is 13.8 Å². The molecule has 1 aliphatic rings. The number of methoxy groups -OCH3 is 1. The molecule has 1 heterocycles. The van der Waals surface area contributed by atoms with Crippen molar-refractivity contribution in [1.29, 1.82) is 0 Å². The number of hydrazone groups is 1. The number of rotatable bonds is 5. The lowest BCUT2D eigenvalue weighted by atomic mass is 10.1. The molecule has 0 bridgehead atoms. The Bertz CT molecular complexity index is 999. The van der Waals surface area contributed by atoms with Crippen LogP contribution in [0.4, 0.5) is 11.4 Å². The van der Waals surface area contributed by atoms with E-state index in [9.17, 15) is 14.7 Å². The molecule has 8 heteroatoms. The predicted octanol–water partition coefficient (Wildman–Crippen LogP) is 4.10. The number of nitrogens with zero attached hydrogens (tertiary/aromatic N) is 3. The Kier molecular flexibility index (Phi) is 5.46. The third-order valence-corrected chi connectivity index (χ3v) is 4.57. The van der Waals surface area contributed by atoms with Crippen LogP contribution in [-0.2, 0) is 4.79 Å². The number of aryl methyl sites for hydroxylation is 1. The first-order chi connectivity index (χ1) is 13.3. The fourth-order valence-electron chi connectivity index (χ4n) is 2.88. The van der Waals surface area contributed by atoms with Crippen molar-refractivity contribution in [3.05, 3.63) is 52.5 Å². The summed E-state index contributed by atoms with van der Waals surface area (Å²) >= 11 is 5.94. The molecule has 1 unspecified atom stereocenters. The van der Waals surface area contributed by atoms with Gasteiger partial charge in [0.1, 0.15) is 11.7 Å². The fraction of sp³-hybridized carbons (Fsp3) is 0.200. The van der Waals surface area contributed by atoms with E-state index >= 15 is 0 Å². The number of hydrogen-bond donors (Lipinski definition) is 1. The second-order valence-electron chi connectivity index (χ2n) is 6.27. The van der Waals surface area contributed by atoms with Gasteiger partial charge in [-0.25, -0.2) is 4.79 Å². The van der Waals surface area contributed by atoms with Gasteiger partial charge in [0.15, 0.2) is 0 Å². The molecule has 0 aromatic heterocycles. The normalized spacial score (nSPS) is 16.6. The molecule has 0 spiro atoms. The van der Waals surface area contributed by atoms with E-state index in [1.807, 2.05) is 0 Å². The number of hydrogen-bond acceptors (Lipinski definition) is 5. The highest BCUT2D eigenvalue weighted by Crippen LogP contribution is 2.30. The maximum Gasteiger partial charge on any atom is 0.337 e. The molecule has 0 aliphatic carbocycles. The summed E-state index contributed by atoms with van der Waals surface area (Å²) in [5, 5.41) is 15.3. The minimum Gasteiger partial charge on any atom is -0.497 e. The summed E-state index contributed by atoms with van der Waals surface area (Å²) in [6.45, 7) is 3.44. The van der Waals surface area contributed by atoms with Crippen molar-refractivity contribution in [2.75, 3.05) is 12.1 Å². The number of halogens is 1. The van der Waals surface area contributed by atoms with E-state index in [1.54, 1.807) is 51.3 Å². The largest absolute Gasteiger partial charge is 0.497 e. The molecule has 144 valence electrons. The molecule has 2 aromatic rings. The zero-order valence-corrected chi connectivity index (χ0v) is 16.3. The van der Waals surface area contributed by atoms with Gasteiger partial charge in [0.05, 0.1) is 29.8 Å².